The molecule has 25 heavy (non-hydrogen) atoms. The molecule has 0 saturated heterocycles. The Morgan fingerprint density at radius 1 is 1.24 bits per heavy atom. The highest BCUT2D eigenvalue weighted by Crippen LogP contribution is 2.30. The summed E-state index contributed by atoms with van der Waals surface area (Å²) in [5.41, 5.74) is 1.38. The van der Waals surface area contributed by atoms with Crippen LogP contribution in [0.1, 0.15) is 29.6 Å². The third-order valence-corrected chi connectivity index (χ3v) is 4.35. The van der Waals surface area contributed by atoms with Crippen LogP contribution in [0.5, 0.6) is 5.75 Å². The van der Waals surface area contributed by atoms with E-state index >= 15 is 0 Å². The predicted octanol–water partition coefficient (Wildman–Crippen LogP) is 3.76. The lowest BCUT2D eigenvalue weighted by atomic mass is 9.93. The molecule has 1 aromatic heterocycles. The summed E-state index contributed by atoms with van der Waals surface area (Å²) in [5, 5.41) is 12.3. The maximum atomic E-state index is 13.5. The number of hydrogen-bond donors (Lipinski definition) is 2. The van der Waals surface area contributed by atoms with Crippen molar-refractivity contribution in [2.24, 2.45) is 0 Å². The number of carbonyl (C=O) groups is 1. The Hall–Kier alpha value is -2.96. The number of phenolic OH excluding ortho intramolecular Hbond substituents is 1. The molecule has 128 valence electrons. The number of nitrogens with zero attached hydrogens (tertiary/aromatic N) is 1. The number of aromatic hydroxyl groups is 1. The van der Waals surface area contributed by atoms with E-state index in [1.54, 1.807) is 18.2 Å². The molecule has 2 N–H and O–H groups in total. The van der Waals surface area contributed by atoms with E-state index in [0.29, 0.717) is 16.7 Å². The molecule has 1 fully saturated rings. The van der Waals surface area contributed by atoms with Gasteiger partial charge >= 0.3 is 0 Å². The molecule has 0 bridgehead atoms. The summed E-state index contributed by atoms with van der Waals surface area (Å²) >= 11 is 0. The van der Waals surface area contributed by atoms with Crippen LogP contribution in [-0.2, 0) is 0 Å². The Bertz CT molecular complexity index is 957. The fourth-order valence-electron chi connectivity index (χ4n) is 2.71. The third-order valence-electron chi connectivity index (χ3n) is 4.35. The van der Waals surface area contributed by atoms with Crippen molar-refractivity contribution in [1.82, 2.24) is 10.3 Å². The fourth-order valence-corrected chi connectivity index (χ4v) is 2.71. The van der Waals surface area contributed by atoms with Crippen LogP contribution in [0.4, 0.5) is 8.78 Å². The van der Waals surface area contributed by atoms with E-state index in [0.717, 1.165) is 31.4 Å². The Kier molecular flexibility index (Phi) is 3.63. The minimum atomic E-state index is -1.32. The molecule has 3 aromatic rings. The summed E-state index contributed by atoms with van der Waals surface area (Å²) < 4.78 is 32.2. The minimum Gasteiger partial charge on any atom is -0.505 e. The van der Waals surface area contributed by atoms with Crippen LogP contribution in [0, 0.1) is 11.6 Å². The quantitative estimate of drug-likeness (QED) is 0.758. The van der Waals surface area contributed by atoms with Crippen LogP contribution in [0.25, 0.3) is 22.6 Å². The van der Waals surface area contributed by atoms with E-state index in [4.69, 9.17) is 4.42 Å². The largest absolute Gasteiger partial charge is 0.505 e. The van der Waals surface area contributed by atoms with Gasteiger partial charge in [0.15, 0.2) is 23.0 Å². The second kappa shape index (κ2) is 5.84. The first-order valence-corrected chi connectivity index (χ1v) is 7.91. The minimum absolute atomic E-state index is 0.0285. The van der Waals surface area contributed by atoms with E-state index < -0.39 is 17.4 Å². The summed E-state index contributed by atoms with van der Waals surface area (Å²) in [4.78, 5) is 16.4. The molecular weight excluding hydrogens is 330 g/mol. The van der Waals surface area contributed by atoms with Gasteiger partial charge < -0.3 is 14.8 Å². The average molecular weight is 344 g/mol. The second-order valence-electron chi connectivity index (χ2n) is 6.09. The van der Waals surface area contributed by atoms with Crippen LogP contribution in [-0.4, -0.2) is 22.0 Å². The van der Waals surface area contributed by atoms with Crippen molar-refractivity contribution in [2.45, 2.75) is 25.3 Å². The number of hydrogen-bond acceptors (Lipinski definition) is 4. The van der Waals surface area contributed by atoms with Crippen molar-refractivity contribution in [3.05, 3.63) is 47.5 Å². The first-order chi connectivity index (χ1) is 12.0. The molecule has 1 saturated carbocycles. The number of halogens is 2. The van der Waals surface area contributed by atoms with Gasteiger partial charge in [0, 0.05) is 17.2 Å². The molecular formula is C18H14F2N2O3. The fraction of sp³-hybridized carbons (Fsp3) is 0.222. The van der Waals surface area contributed by atoms with Crippen LogP contribution in [0.15, 0.2) is 34.7 Å². The van der Waals surface area contributed by atoms with Crippen LogP contribution in [0.3, 0.4) is 0 Å². The average Bonchev–Trinajstić information content (AvgIpc) is 2.98. The lowest BCUT2D eigenvalue weighted by Gasteiger charge is -2.26. The second-order valence-corrected chi connectivity index (χ2v) is 6.09. The number of rotatable bonds is 3. The first-order valence-electron chi connectivity index (χ1n) is 7.91. The number of carbonyl (C=O) groups excluding carboxylic acids is 1. The van der Waals surface area contributed by atoms with E-state index in [1.807, 2.05) is 0 Å². The number of phenols is 1. The van der Waals surface area contributed by atoms with Crippen molar-refractivity contribution in [3.8, 4) is 17.2 Å². The molecule has 5 nitrogen and oxygen atoms in total. The van der Waals surface area contributed by atoms with Crippen molar-refractivity contribution in [2.75, 3.05) is 0 Å². The maximum absolute atomic E-state index is 13.5. The summed E-state index contributed by atoms with van der Waals surface area (Å²) in [7, 11) is 0. The Morgan fingerprint density at radius 2 is 2.04 bits per heavy atom. The van der Waals surface area contributed by atoms with Gasteiger partial charge in [-0.2, -0.15) is 4.39 Å². The zero-order valence-electron chi connectivity index (χ0n) is 13.1. The SMILES string of the molecule is O=C(NC1CCC1)c1ccc2oc(-c3cc(O)c(F)c(F)c3)nc2c1. The number of oxazole rings is 1. The molecule has 1 aliphatic rings. The number of fused-ring (bicyclic) bond motifs is 1. The topological polar surface area (TPSA) is 75.4 Å². The van der Waals surface area contributed by atoms with Crippen molar-refractivity contribution < 1.29 is 23.1 Å². The molecule has 1 aliphatic carbocycles. The van der Waals surface area contributed by atoms with E-state index in [1.165, 1.54) is 0 Å². The number of benzene rings is 2. The van der Waals surface area contributed by atoms with Gasteiger partial charge in [-0.3, -0.25) is 4.79 Å². The zero-order chi connectivity index (χ0) is 17.6. The van der Waals surface area contributed by atoms with Gasteiger partial charge in [-0.05, 0) is 49.6 Å². The lowest BCUT2D eigenvalue weighted by Crippen LogP contribution is -2.39. The van der Waals surface area contributed by atoms with E-state index in [9.17, 15) is 18.7 Å². The summed E-state index contributed by atoms with van der Waals surface area (Å²) in [6, 6.07) is 6.95. The third kappa shape index (κ3) is 2.82. The summed E-state index contributed by atoms with van der Waals surface area (Å²) in [6.07, 6.45) is 3.10. The summed E-state index contributed by atoms with van der Waals surface area (Å²) in [5.74, 6) is -3.49. The highest BCUT2D eigenvalue weighted by Gasteiger charge is 2.21. The van der Waals surface area contributed by atoms with Gasteiger partial charge in [0.05, 0.1) is 0 Å². The monoisotopic (exact) mass is 344 g/mol. The van der Waals surface area contributed by atoms with Gasteiger partial charge in [-0.1, -0.05) is 0 Å². The van der Waals surface area contributed by atoms with Gasteiger partial charge in [-0.25, -0.2) is 9.37 Å². The Morgan fingerprint density at radius 3 is 2.72 bits per heavy atom. The molecule has 0 spiro atoms. The smallest absolute Gasteiger partial charge is 0.251 e. The zero-order valence-corrected chi connectivity index (χ0v) is 13.1. The molecule has 0 unspecified atom stereocenters. The van der Waals surface area contributed by atoms with Gasteiger partial charge in [0.2, 0.25) is 5.89 Å². The van der Waals surface area contributed by atoms with Crippen molar-refractivity contribution in [3.63, 3.8) is 0 Å². The highest BCUT2D eigenvalue weighted by atomic mass is 19.2. The van der Waals surface area contributed by atoms with Crippen molar-refractivity contribution >= 4 is 17.0 Å². The van der Waals surface area contributed by atoms with Crippen molar-refractivity contribution in [1.29, 1.82) is 0 Å². The van der Waals surface area contributed by atoms with Crippen LogP contribution >= 0.6 is 0 Å². The van der Waals surface area contributed by atoms with Crippen LogP contribution in [0.2, 0.25) is 0 Å². The number of nitrogens with one attached hydrogen (secondary N) is 1. The molecule has 2 aromatic carbocycles. The number of aromatic nitrogens is 1. The number of amides is 1. The van der Waals surface area contributed by atoms with E-state index in [-0.39, 0.29) is 23.4 Å². The lowest BCUT2D eigenvalue weighted by molar-refractivity contribution is 0.0917. The Labute approximate surface area is 141 Å². The molecule has 0 aliphatic heterocycles. The predicted molar refractivity (Wildman–Crippen MR) is 86.1 cm³/mol. The molecule has 1 amide bonds. The molecule has 0 atom stereocenters. The molecule has 0 radical (unpaired) electrons. The normalized spacial score (nSPS) is 14.5. The Balaban J connectivity index is 1.67. The van der Waals surface area contributed by atoms with Gasteiger partial charge in [0.1, 0.15) is 5.52 Å². The van der Waals surface area contributed by atoms with Gasteiger partial charge in [-0.15, -0.1) is 0 Å². The molecule has 7 heteroatoms. The maximum Gasteiger partial charge on any atom is 0.251 e. The highest BCUT2D eigenvalue weighted by molar-refractivity contribution is 5.97. The van der Waals surface area contributed by atoms with Crippen LogP contribution < -0.4 is 5.32 Å². The first kappa shape index (κ1) is 15.6. The molecule has 1 heterocycles. The molecule has 4 rings (SSSR count). The van der Waals surface area contributed by atoms with Gasteiger partial charge in [0.25, 0.3) is 5.91 Å². The standard InChI is InChI=1S/C18H14F2N2O3/c19-12-6-10(8-14(23)16(12)20)18-22-13-7-9(4-5-15(13)25-18)17(24)21-11-2-1-3-11/h4-8,11,23H,1-3H2,(H,21,24). The summed E-state index contributed by atoms with van der Waals surface area (Å²) in [6.45, 7) is 0. The van der Waals surface area contributed by atoms with E-state index in [2.05, 4.69) is 10.3 Å².